The summed E-state index contributed by atoms with van der Waals surface area (Å²) >= 11 is -5.06. The Hall–Kier alpha value is -1.96. The van der Waals surface area contributed by atoms with Crippen LogP contribution in [-0.4, -0.2) is 5.92 Å². The third kappa shape index (κ3) is 7.11. The number of benzene rings is 4. The van der Waals surface area contributed by atoms with Crippen LogP contribution in [0.5, 0.6) is 0 Å². The predicted molar refractivity (Wildman–Crippen MR) is 246 cm³/mol. The topological polar surface area (TPSA) is 0 Å². The van der Waals surface area contributed by atoms with Gasteiger partial charge >= 0.3 is 351 Å². The fourth-order valence-electron chi connectivity index (χ4n) is 12.1. The van der Waals surface area contributed by atoms with Gasteiger partial charge in [-0.15, -0.1) is 0 Å². The van der Waals surface area contributed by atoms with Crippen LogP contribution >= 0.6 is 17.0 Å². The van der Waals surface area contributed by atoms with Gasteiger partial charge in [-0.3, -0.25) is 0 Å². The summed E-state index contributed by atoms with van der Waals surface area (Å²) in [6, 6.07) is 32.6. The van der Waals surface area contributed by atoms with Crippen molar-refractivity contribution in [3.8, 4) is 22.3 Å². The number of rotatable bonds is 11. The Bertz CT molecular complexity index is 1980. The molecule has 0 amide bonds. The summed E-state index contributed by atoms with van der Waals surface area (Å²) in [5, 5.41) is 0. The molecular formula is C52H65Cl2SiZr. The Morgan fingerprint density at radius 2 is 0.929 bits per heavy atom. The molecule has 0 aliphatic heterocycles. The molecule has 4 aromatic carbocycles. The van der Waals surface area contributed by atoms with E-state index < -0.39 is 21.5 Å². The summed E-state index contributed by atoms with van der Waals surface area (Å²) in [5.74, 6) is -1.73. The van der Waals surface area contributed by atoms with E-state index in [0.717, 1.165) is 12.8 Å². The number of halogens is 2. The molecule has 2 saturated carbocycles. The molecule has 56 heavy (non-hydrogen) atoms. The zero-order valence-corrected chi connectivity index (χ0v) is 40.2. The zero-order chi connectivity index (χ0) is 39.3. The van der Waals surface area contributed by atoms with E-state index in [1.807, 2.05) is 0 Å². The van der Waals surface area contributed by atoms with Crippen LogP contribution in [0.4, 0.5) is 0 Å². The molecule has 0 saturated heterocycles. The molecule has 0 aromatic heterocycles. The van der Waals surface area contributed by atoms with Crippen molar-refractivity contribution in [2.24, 2.45) is 10.8 Å². The van der Waals surface area contributed by atoms with E-state index in [9.17, 15) is 17.0 Å². The van der Waals surface area contributed by atoms with E-state index in [1.54, 1.807) is 11.1 Å². The van der Waals surface area contributed by atoms with Crippen LogP contribution in [0.25, 0.3) is 34.4 Å². The van der Waals surface area contributed by atoms with E-state index in [-0.39, 0.29) is 7.25 Å². The molecule has 0 N–H and O–H groups in total. The third-order valence-corrected chi connectivity index (χ3v) is 67.6. The first-order chi connectivity index (χ1) is 26.9. The molecule has 0 heterocycles. The molecule has 4 aromatic rings. The Balaban J connectivity index is 1.37. The summed E-state index contributed by atoms with van der Waals surface area (Å²) in [6.07, 6.45) is 23.4. The van der Waals surface area contributed by atoms with Crippen molar-refractivity contribution in [2.45, 2.75) is 138 Å². The van der Waals surface area contributed by atoms with E-state index in [0.29, 0.717) is 10.8 Å². The summed E-state index contributed by atoms with van der Waals surface area (Å²) in [6.45, 7) is 14.4. The molecule has 4 heteroatoms. The van der Waals surface area contributed by atoms with Crippen LogP contribution in [0, 0.1) is 24.7 Å². The van der Waals surface area contributed by atoms with Gasteiger partial charge in [0.2, 0.25) is 0 Å². The Kier molecular flexibility index (Phi) is 11.6. The molecule has 0 nitrogen and oxygen atoms in total. The first kappa shape index (κ1) is 40.8. The molecular weight excluding hydrogens is 815 g/mol. The number of allylic oxidation sites excluding steroid dienone is 2. The fraction of sp³-hybridized carbons (Fsp3) is 0.462. The molecule has 0 spiro atoms. The van der Waals surface area contributed by atoms with E-state index in [2.05, 4.69) is 138 Å². The summed E-state index contributed by atoms with van der Waals surface area (Å²) in [7, 11) is 18.4. The Morgan fingerprint density at radius 3 is 1.27 bits per heavy atom. The number of aryl methyl sites for hydroxylation is 2. The minimum absolute atomic E-state index is 0.114. The van der Waals surface area contributed by atoms with E-state index in [4.69, 9.17) is 0 Å². The van der Waals surface area contributed by atoms with E-state index >= 15 is 0 Å². The maximum atomic E-state index is 9.19. The molecule has 295 valence electrons. The van der Waals surface area contributed by atoms with Crippen molar-refractivity contribution in [1.29, 1.82) is 0 Å². The zero-order valence-electron chi connectivity index (χ0n) is 35.1. The fourth-order valence-corrected chi connectivity index (χ4v) is 43.4. The van der Waals surface area contributed by atoms with Gasteiger partial charge in [-0.2, -0.15) is 0 Å². The van der Waals surface area contributed by atoms with Gasteiger partial charge in [0.05, 0.1) is 0 Å². The van der Waals surface area contributed by atoms with Crippen LogP contribution in [0.15, 0.2) is 96.1 Å². The van der Waals surface area contributed by atoms with Crippen LogP contribution in [0.2, 0.25) is 13.1 Å². The quantitative estimate of drug-likeness (QED) is 0.132. The monoisotopic (exact) mass is 877 g/mol. The van der Waals surface area contributed by atoms with Crippen molar-refractivity contribution < 1.29 is 15.6 Å². The van der Waals surface area contributed by atoms with Gasteiger partial charge in [-0.1, -0.05) is 0 Å². The number of hydrogen-bond donors (Lipinski definition) is 0. The van der Waals surface area contributed by atoms with Crippen LogP contribution in [0.1, 0.15) is 144 Å². The molecule has 2 fully saturated rings. The van der Waals surface area contributed by atoms with Crippen molar-refractivity contribution in [3.05, 3.63) is 129 Å². The second kappa shape index (κ2) is 15.9. The van der Waals surface area contributed by atoms with Crippen molar-refractivity contribution in [1.82, 2.24) is 0 Å². The van der Waals surface area contributed by atoms with Gasteiger partial charge < -0.3 is 0 Å². The molecule has 4 aliphatic carbocycles. The first-order valence-electron chi connectivity index (χ1n) is 22.3. The van der Waals surface area contributed by atoms with Gasteiger partial charge in [0, 0.05) is 0 Å². The van der Waals surface area contributed by atoms with Gasteiger partial charge in [0.1, 0.15) is 0 Å². The summed E-state index contributed by atoms with van der Waals surface area (Å²) in [4.78, 5) is 0. The maximum absolute atomic E-state index is 9.19. The molecule has 8 rings (SSSR count). The van der Waals surface area contributed by atoms with Crippen molar-refractivity contribution >= 4 is 35.1 Å². The molecule has 0 radical (unpaired) electrons. The second-order valence-corrected chi connectivity index (χ2v) is 61.7. The molecule has 0 bridgehead atoms. The second-order valence-electron chi connectivity index (χ2n) is 19.2. The number of hydrogen-bond acceptors (Lipinski definition) is 0. The first-order valence-corrected chi connectivity index (χ1v) is 38.6. The summed E-state index contributed by atoms with van der Waals surface area (Å²) in [5.41, 5.74) is 17.3. The third-order valence-electron chi connectivity index (χ3n) is 15.7. The van der Waals surface area contributed by atoms with E-state index in [1.165, 1.54) is 133 Å². The average Bonchev–Trinajstić information content (AvgIpc) is 3.78. The van der Waals surface area contributed by atoms with Crippen molar-refractivity contribution in [3.63, 3.8) is 0 Å². The van der Waals surface area contributed by atoms with Crippen LogP contribution in [-0.2, 0) is 15.6 Å². The minimum atomic E-state index is -5.06. The molecule has 2 unspecified atom stereocenters. The van der Waals surface area contributed by atoms with Crippen LogP contribution < -0.4 is 0 Å². The average molecular weight is 880 g/mol. The standard InChI is InChI=1S/2C25H29.C2H7Si.2ClH.Zr/c2*1-3-25(14-5-4-6-15-25)18-20-16-22-8-7-9-23(24(22)17-20)21-12-10-19(2)11-13-21;1-3-2;;;/h2*7-13,16-17H,3-6,14-15,18H2,1-2H3;3H,1-2H3;2*1H;/q;;;;;+2/p-2. The Morgan fingerprint density at radius 1 is 0.554 bits per heavy atom. The molecule has 4 aliphatic rings. The van der Waals surface area contributed by atoms with Gasteiger partial charge in [-0.25, -0.2) is 0 Å². The summed E-state index contributed by atoms with van der Waals surface area (Å²) < 4.78 is 0.229. The van der Waals surface area contributed by atoms with Crippen molar-refractivity contribution in [2.75, 3.05) is 0 Å². The van der Waals surface area contributed by atoms with Gasteiger partial charge in [0.15, 0.2) is 0 Å². The van der Waals surface area contributed by atoms with Crippen LogP contribution in [0.3, 0.4) is 0 Å². The van der Waals surface area contributed by atoms with Gasteiger partial charge in [0.25, 0.3) is 0 Å². The predicted octanol–water partition coefficient (Wildman–Crippen LogP) is 16.7. The van der Waals surface area contributed by atoms with Gasteiger partial charge in [-0.05, 0) is 0 Å². The normalized spacial score (nSPS) is 22.2. The molecule has 2 atom stereocenters. The number of fused-ring (bicyclic) bond motifs is 2. The Labute approximate surface area is 348 Å². The SMILES string of the molecule is CCC1(CC2=Cc3c(-c4ccc(C)cc4)cccc3[CH]2[Zr]([Cl])([Cl])([CH]2C(CC3(CC)CCCCC3)=Cc3c(-c4ccc(C)cc4)cccc32)[SiH](C)C)CCCCC1.